The molecule has 17 heavy (non-hydrogen) atoms. The first-order valence-corrected chi connectivity index (χ1v) is 6.47. The van der Waals surface area contributed by atoms with Crippen molar-refractivity contribution < 1.29 is 9.15 Å². The minimum absolute atomic E-state index is 0.0470. The number of furan rings is 1. The van der Waals surface area contributed by atoms with Crippen molar-refractivity contribution in [1.29, 1.82) is 0 Å². The Labute approximate surface area is 103 Å². The molecule has 1 aromatic heterocycles. The van der Waals surface area contributed by atoms with E-state index in [0.717, 1.165) is 12.2 Å². The zero-order valence-corrected chi connectivity index (χ0v) is 10.6. The lowest BCUT2D eigenvalue weighted by Gasteiger charge is -2.50. The summed E-state index contributed by atoms with van der Waals surface area (Å²) in [5.74, 6) is 2.04. The van der Waals surface area contributed by atoms with E-state index < -0.39 is 0 Å². The highest BCUT2D eigenvalue weighted by Gasteiger charge is 2.47. The van der Waals surface area contributed by atoms with E-state index >= 15 is 0 Å². The minimum Gasteiger partial charge on any atom is -0.467 e. The Balaban J connectivity index is 1.95. The second kappa shape index (κ2) is 3.74. The Hall–Kier alpha value is -1.02. The second-order valence-electron chi connectivity index (χ2n) is 5.89. The largest absolute Gasteiger partial charge is 0.467 e. The molecule has 3 rings (SSSR count). The number of rotatable bonds is 1. The molecule has 2 heterocycles. The average Bonchev–Trinajstić information content (AvgIpc) is 2.79. The van der Waals surface area contributed by atoms with E-state index in [1.807, 2.05) is 12.1 Å². The monoisotopic (exact) mass is 232 g/mol. The van der Waals surface area contributed by atoms with Gasteiger partial charge in [-0.2, -0.15) is 0 Å². The Morgan fingerprint density at radius 1 is 1.41 bits per heavy atom. The maximum absolute atomic E-state index is 6.30. The smallest absolute Gasteiger partial charge is 0.133 e. The fourth-order valence-corrected chi connectivity index (χ4v) is 3.32. The maximum atomic E-state index is 6.30. The van der Waals surface area contributed by atoms with Crippen LogP contribution in [0.4, 0.5) is 0 Å². The SMILES string of the molecule is C=C1CC[C@H]2CC1C(c1ccco1)OC2(C)C. The van der Waals surface area contributed by atoms with Gasteiger partial charge in [-0.05, 0) is 51.2 Å². The number of hydrogen-bond acceptors (Lipinski definition) is 2. The van der Waals surface area contributed by atoms with E-state index in [4.69, 9.17) is 9.15 Å². The summed E-state index contributed by atoms with van der Waals surface area (Å²) in [5.41, 5.74) is 1.28. The molecule has 0 amide bonds. The van der Waals surface area contributed by atoms with Crippen molar-refractivity contribution in [3.8, 4) is 0 Å². The third-order valence-corrected chi connectivity index (χ3v) is 4.48. The number of fused-ring (bicyclic) bond motifs is 2. The summed E-state index contributed by atoms with van der Waals surface area (Å²) in [6.45, 7) is 8.63. The van der Waals surface area contributed by atoms with Crippen molar-refractivity contribution in [3.63, 3.8) is 0 Å². The van der Waals surface area contributed by atoms with Crippen LogP contribution in [-0.4, -0.2) is 5.60 Å². The molecule has 1 saturated carbocycles. The molecule has 1 aliphatic heterocycles. The predicted molar refractivity (Wildman–Crippen MR) is 66.6 cm³/mol. The van der Waals surface area contributed by atoms with Gasteiger partial charge in [-0.25, -0.2) is 0 Å². The van der Waals surface area contributed by atoms with Crippen LogP contribution in [0.1, 0.15) is 45.0 Å². The summed E-state index contributed by atoms with van der Waals surface area (Å²) >= 11 is 0. The molecule has 2 bridgehead atoms. The van der Waals surface area contributed by atoms with Crippen molar-refractivity contribution in [2.45, 2.75) is 44.8 Å². The molecule has 92 valence electrons. The Kier molecular flexibility index (Phi) is 2.44. The van der Waals surface area contributed by atoms with E-state index in [0.29, 0.717) is 11.8 Å². The van der Waals surface area contributed by atoms with Crippen LogP contribution in [0.15, 0.2) is 35.0 Å². The van der Waals surface area contributed by atoms with Gasteiger partial charge >= 0.3 is 0 Å². The lowest BCUT2D eigenvalue weighted by atomic mass is 9.67. The van der Waals surface area contributed by atoms with Gasteiger partial charge in [0.05, 0.1) is 11.9 Å². The van der Waals surface area contributed by atoms with Crippen molar-refractivity contribution in [2.75, 3.05) is 0 Å². The number of ether oxygens (including phenoxy) is 1. The molecule has 2 heteroatoms. The molecule has 0 N–H and O–H groups in total. The standard InChI is InChI=1S/C15H20O2/c1-10-6-7-11-9-12(10)14(17-15(11,2)3)13-5-4-8-16-13/h4-5,8,11-12,14H,1,6-7,9H2,2-3H3/t11-,12?,14?/m0/s1. The summed E-state index contributed by atoms with van der Waals surface area (Å²) in [5, 5.41) is 0. The zero-order valence-electron chi connectivity index (χ0n) is 10.6. The second-order valence-corrected chi connectivity index (χ2v) is 5.89. The van der Waals surface area contributed by atoms with Gasteiger partial charge < -0.3 is 9.15 Å². The molecule has 2 fully saturated rings. The fraction of sp³-hybridized carbons (Fsp3) is 0.600. The van der Waals surface area contributed by atoms with Gasteiger partial charge in [0.25, 0.3) is 0 Å². The van der Waals surface area contributed by atoms with Crippen LogP contribution in [-0.2, 0) is 4.74 Å². The summed E-state index contributed by atoms with van der Waals surface area (Å²) in [6.07, 6.45) is 5.33. The zero-order chi connectivity index (χ0) is 12.0. The van der Waals surface area contributed by atoms with Crippen molar-refractivity contribution in [2.24, 2.45) is 11.8 Å². The highest BCUT2D eigenvalue weighted by Crippen LogP contribution is 2.52. The highest BCUT2D eigenvalue weighted by atomic mass is 16.5. The minimum atomic E-state index is -0.0470. The van der Waals surface area contributed by atoms with Crippen molar-refractivity contribution in [3.05, 3.63) is 36.3 Å². The van der Waals surface area contributed by atoms with E-state index in [9.17, 15) is 0 Å². The maximum Gasteiger partial charge on any atom is 0.133 e. The first kappa shape index (κ1) is 11.1. The molecule has 1 saturated heterocycles. The lowest BCUT2D eigenvalue weighted by Crippen LogP contribution is -2.46. The molecule has 0 aromatic carbocycles. The van der Waals surface area contributed by atoms with Gasteiger partial charge in [0.2, 0.25) is 0 Å². The van der Waals surface area contributed by atoms with Gasteiger partial charge in [0, 0.05) is 5.92 Å². The Morgan fingerprint density at radius 2 is 2.24 bits per heavy atom. The molecule has 3 atom stereocenters. The lowest BCUT2D eigenvalue weighted by molar-refractivity contribution is -0.179. The topological polar surface area (TPSA) is 22.4 Å². The average molecular weight is 232 g/mol. The van der Waals surface area contributed by atoms with Crippen molar-refractivity contribution in [1.82, 2.24) is 0 Å². The van der Waals surface area contributed by atoms with Gasteiger partial charge in [-0.15, -0.1) is 0 Å². The first-order chi connectivity index (χ1) is 8.08. The Morgan fingerprint density at radius 3 is 2.94 bits per heavy atom. The van der Waals surface area contributed by atoms with Crippen molar-refractivity contribution >= 4 is 0 Å². The molecular weight excluding hydrogens is 212 g/mol. The van der Waals surface area contributed by atoms with Crippen LogP contribution in [0.3, 0.4) is 0 Å². The highest BCUT2D eigenvalue weighted by molar-refractivity contribution is 5.17. The molecule has 2 unspecified atom stereocenters. The molecule has 1 aliphatic carbocycles. The van der Waals surface area contributed by atoms with Crippen LogP contribution in [0.25, 0.3) is 0 Å². The van der Waals surface area contributed by atoms with Gasteiger partial charge in [-0.3, -0.25) is 0 Å². The summed E-state index contributed by atoms with van der Waals surface area (Å²) < 4.78 is 11.8. The summed E-state index contributed by atoms with van der Waals surface area (Å²) in [6, 6.07) is 3.95. The molecule has 0 radical (unpaired) electrons. The molecule has 2 nitrogen and oxygen atoms in total. The molecule has 0 spiro atoms. The van der Waals surface area contributed by atoms with E-state index in [1.54, 1.807) is 6.26 Å². The molecular formula is C15H20O2. The molecule has 2 aliphatic rings. The van der Waals surface area contributed by atoms with Gasteiger partial charge in [-0.1, -0.05) is 12.2 Å². The third kappa shape index (κ3) is 1.75. The fourth-order valence-electron chi connectivity index (χ4n) is 3.32. The summed E-state index contributed by atoms with van der Waals surface area (Å²) in [4.78, 5) is 0. The Bertz CT molecular complexity index is 416. The van der Waals surface area contributed by atoms with Crippen LogP contribution in [0, 0.1) is 11.8 Å². The van der Waals surface area contributed by atoms with Crippen LogP contribution in [0.2, 0.25) is 0 Å². The third-order valence-electron chi connectivity index (χ3n) is 4.48. The molecule has 1 aromatic rings. The number of hydrogen-bond donors (Lipinski definition) is 0. The van der Waals surface area contributed by atoms with Crippen LogP contribution < -0.4 is 0 Å². The van der Waals surface area contributed by atoms with E-state index in [2.05, 4.69) is 20.4 Å². The quantitative estimate of drug-likeness (QED) is 0.680. The van der Waals surface area contributed by atoms with Crippen LogP contribution in [0.5, 0.6) is 0 Å². The van der Waals surface area contributed by atoms with Gasteiger partial charge in [0.15, 0.2) is 0 Å². The summed E-state index contributed by atoms with van der Waals surface area (Å²) in [7, 11) is 0. The first-order valence-electron chi connectivity index (χ1n) is 6.47. The van der Waals surface area contributed by atoms with E-state index in [-0.39, 0.29) is 11.7 Å². The normalized spacial score (nSPS) is 35.9. The van der Waals surface area contributed by atoms with Gasteiger partial charge in [0.1, 0.15) is 11.9 Å². The van der Waals surface area contributed by atoms with Crippen LogP contribution >= 0.6 is 0 Å². The van der Waals surface area contributed by atoms with E-state index in [1.165, 1.54) is 18.4 Å². The predicted octanol–water partition coefficient (Wildman–Crippen LogP) is 4.10.